The van der Waals surface area contributed by atoms with Crippen LogP contribution in [-0.4, -0.2) is 17.0 Å². The number of para-hydroxylation sites is 1. The number of nitro benzene ring substituents is 1. The number of hydrogen-bond donors (Lipinski definition) is 2. The summed E-state index contributed by atoms with van der Waals surface area (Å²) in [5.41, 5.74) is 1.36. The summed E-state index contributed by atoms with van der Waals surface area (Å²) in [6.45, 7) is 4.67. The highest BCUT2D eigenvalue weighted by molar-refractivity contribution is 5.76. The van der Waals surface area contributed by atoms with E-state index in [4.69, 9.17) is 0 Å². The van der Waals surface area contributed by atoms with Crippen LogP contribution in [0.4, 0.5) is 17.1 Å². The van der Waals surface area contributed by atoms with Crippen LogP contribution in [0.15, 0.2) is 18.2 Å². The summed E-state index contributed by atoms with van der Waals surface area (Å²) < 4.78 is 0. The Balaban J connectivity index is 2.35. The molecule has 0 saturated heterocycles. The minimum absolute atomic E-state index is 0.0373. The molecule has 0 bridgehead atoms. The third-order valence-corrected chi connectivity index (χ3v) is 3.02. The number of nitro groups is 1. The number of anilines is 2. The third kappa shape index (κ3) is 2.49. The van der Waals surface area contributed by atoms with Crippen LogP contribution in [0.3, 0.4) is 0 Å². The maximum atomic E-state index is 11.1. The zero-order chi connectivity index (χ0) is 12.5. The summed E-state index contributed by atoms with van der Waals surface area (Å²) in [5, 5.41) is 17.4. The molecule has 0 atom stereocenters. The molecule has 0 unspecified atom stereocenters. The molecule has 2 rings (SSSR count). The van der Waals surface area contributed by atoms with Gasteiger partial charge in [-0.2, -0.15) is 0 Å². The summed E-state index contributed by atoms with van der Waals surface area (Å²) in [6.07, 6.45) is 2.13. The first-order valence-electron chi connectivity index (χ1n) is 5.85. The third-order valence-electron chi connectivity index (χ3n) is 3.02. The van der Waals surface area contributed by atoms with Crippen molar-refractivity contribution in [2.24, 2.45) is 0 Å². The minimum atomic E-state index is -0.327. The first-order valence-corrected chi connectivity index (χ1v) is 5.85. The lowest BCUT2D eigenvalue weighted by molar-refractivity contribution is -0.383. The van der Waals surface area contributed by atoms with Crippen LogP contribution >= 0.6 is 0 Å². The van der Waals surface area contributed by atoms with Crippen molar-refractivity contribution in [3.8, 4) is 0 Å². The molecule has 5 heteroatoms. The number of benzene rings is 1. The average Bonchev–Trinajstić information content (AvgIpc) is 2.96. The predicted octanol–water partition coefficient (Wildman–Crippen LogP) is 2.99. The molecule has 5 nitrogen and oxygen atoms in total. The summed E-state index contributed by atoms with van der Waals surface area (Å²) >= 11 is 0. The van der Waals surface area contributed by atoms with Crippen molar-refractivity contribution in [1.82, 2.24) is 0 Å². The standard InChI is InChI=1S/C12H17N3O2/c1-3-13-9-5-4-6-10(11(9)15(16)17)14-12(2)7-8-12/h4-6,13-14H,3,7-8H2,1-2H3. The molecule has 17 heavy (non-hydrogen) atoms. The molecule has 1 aromatic rings. The van der Waals surface area contributed by atoms with Gasteiger partial charge >= 0.3 is 5.69 Å². The first-order chi connectivity index (χ1) is 8.06. The maximum Gasteiger partial charge on any atom is 0.315 e. The van der Waals surface area contributed by atoms with Crippen molar-refractivity contribution in [2.75, 3.05) is 17.2 Å². The molecule has 1 aliphatic carbocycles. The molecule has 0 heterocycles. The van der Waals surface area contributed by atoms with Gasteiger partial charge in [-0.3, -0.25) is 10.1 Å². The van der Waals surface area contributed by atoms with Crippen LogP contribution in [0.5, 0.6) is 0 Å². The molecule has 1 aliphatic rings. The van der Waals surface area contributed by atoms with E-state index in [0.717, 1.165) is 12.8 Å². The molecule has 0 aliphatic heterocycles. The SMILES string of the molecule is CCNc1cccc(NC2(C)CC2)c1[N+](=O)[O-]. The van der Waals surface area contributed by atoms with Crippen molar-refractivity contribution in [3.63, 3.8) is 0 Å². The highest BCUT2D eigenvalue weighted by atomic mass is 16.6. The van der Waals surface area contributed by atoms with Crippen molar-refractivity contribution >= 4 is 17.1 Å². The van der Waals surface area contributed by atoms with Gasteiger partial charge in [0.25, 0.3) is 0 Å². The fourth-order valence-electron chi connectivity index (χ4n) is 1.81. The predicted molar refractivity (Wildman–Crippen MR) is 68.5 cm³/mol. The Labute approximate surface area is 100 Å². The van der Waals surface area contributed by atoms with Crippen LogP contribution in [-0.2, 0) is 0 Å². The molecule has 92 valence electrons. The van der Waals surface area contributed by atoms with E-state index in [1.54, 1.807) is 12.1 Å². The molecule has 0 amide bonds. The van der Waals surface area contributed by atoms with Gasteiger partial charge in [0.1, 0.15) is 11.4 Å². The lowest BCUT2D eigenvalue weighted by Crippen LogP contribution is -2.17. The fraction of sp³-hybridized carbons (Fsp3) is 0.500. The Bertz CT molecular complexity index is 441. The molecule has 1 fully saturated rings. The zero-order valence-electron chi connectivity index (χ0n) is 10.1. The van der Waals surface area contributed by atoms with E-state index in [0.29, 0.717) is 17.9 Å². The van der Waals surface area contributed by atoms with Gasteiger partial charge in [0.05, 0.1) is 4.92 Å². The van der Waals surface area contributed by atoms with Gasteiger partial charge in [0.2, 0.25) is 0 Å². The summed E-state index contributed by atoms with van der Waals surface area (Å²) in [5.74, 6) is 0. The fourth-order valence-corrected chi connectivity index (χ4v) is 1.81. The number of hydrogen-bond acceptors (Lipinski definition) is 4. The molecule has 0 spiro atoms. The van der Waals surface area contributed by atoms with Crippen LogP contribution < -0.4 is 10.6 Å². The number of nitrogens with one attached hydrogen (secondary N) is 2. The second kappa shape index (κ2) is 4.24. The van der Waals surface area contributed by atoms with E-state index in [9.17, 15) is 10.1 Å². The lowest BCUT2D eigenvalue weighted by atomic mass is 10.2. The molecular weight excluding hydrogens is 218 g/mol. The van der Waals surface area contributed by atoms with Crippen molar-refractivity contribution < 1.29 is 4.92 Å². The van der Waals surface area contributed by atoms with Gasteiger partial charge < -0.3 is 10.6 Å². The summed E-state index contributed by atoms with van der Waals surface area (Å²) in [7, 11) is 0. The summed E-state index contributed by atoms with van der Waals surface area (Å²) in [6, 6.07) is 5.34. The Morgan fingerprint density at radius 3 is 2.59 bits per heavy atom. The van der Waals surface area contributed by atoms with Crippen LogP contribution in [0.1, 0.15) is 26.7 Å². The van der Waals surface area contributed by atoms with Crippen LogP contribution in [0, 0.1) is 10.1 Å². The van der Waals surface area contributed by atoms with E-state index < -0.39 is 0 Å². The second-order valence-corrected chi connectivity index (χ2v) is 4.67. The maximum absolute atomic E-state index is 11.1. The van der Waals surface area contributed by atoms with Gasteiger partial charge in [-0.15, -0.1) is 0 Å². The molecule has 0 radical (unpaired) electrons. The van der Waals surface area contributed by atoms with Gasteiger partial charge in [-0.1, -0.05) is 6.07 Å². The van der Waals surface area contributed by atoms with Gasteiger partial charge in [0, 0.05) is 12.1 Å². The largest absolute Gasteiger partial charge is 0.380 e. The quantitative estimate of drug-likeness (QED) is 0.608. The van der Waals surface area contributed by atoms with Crippen LogP contribution in [0.25, 0.3) is 0 Å². The van der Waals surface area contributed by atoms with Gasteiger partial charge in [-0.05, 0) is 38.8 Å². The second-order valence-electron chi connectivity index (χ2n) is 4.67. The number of rotatable bonds is 5. The Kier molecular flexibility index (Phi) is 2.92. The Morgan fingerprint density at radius 2 is 2.06 bits per heavy atom. The van der Waals surface area contributed by atoms with Crippen molar-refractivity contribution in [2.45, 2.75) is 32.2 Å². The summed E-state index contributed by atoms with van der Waals surface area (Å²) in [4.78, 5) is 10.8. The van der Waals surface area contributed by atoms with E-state index in [1.807, 2.05) is 13.0 Å². The molecular formula is C12H17N3O2. The lowest BCUT2D eigenvalue weighted by Gasteiger charge is -2.15. The molecule has 1 saturated carbocycles. The van der Waals surface area contributed by atoms with Crippen LogP contribution in [0.2, 0.25) is 0 Å². The highest BCUT2D eigenvalue weighted by Gasteiger charge is 2.38. The van der Waals surface area contributed by atoms with Gasteiger partial charge in [-0.25, -0.2) is 0 Å². The first kappa shape index (κ1) is 11.7. The molecule has 0 aromatic heterocycles. The van der Waals surface area contributed by atoms with E-state index in [2.05, 4.69) is 17.6 Å². The van der Waals surface area contributed by atoms with Crippen molar-refractivity contribution in [3.05, 3.63) is 28.3 Å². The average molecular weight is 235 g/mol. The zero-order valence-corrected chi connectivity index (χ0v) is 10.1. The van der Waals surface area contributed by atoms with Crippen molar-refractivity contribution in [1.29, 1.82) is 0 Å². The highest BCUT2D eigenvalue weighted by Crippen LogP contribution is 2.42. The normalized spacial score (nSPS) is 16.4. The van der Waals surface area contributed by atoms with Gasteiger partial charge in [0.15, 0.2) is 0 Å². The number of nitrogens with zero attached hydrogens (tertiary/aromatic N) is 1. The smallest absolute Gasteiger partial charge is 0.315 e. The Hall–Kier alpha value is -1.78. The van der Waals surface area contributed by atoms with E-state index in [1.165, 1.54) is 0 Å². The molecule has 2 N–H and O–H groups in total. The minimum Gasteiger partial charge on any atom is -0.380 e. The molecule has 1 aromatic carbocycles. The Morgan fingerprint density at radius 1 is 1.41 bits per heavy atom. The van der Waals surface area contributed by atoms with E-state index >= 15 is 0 Å². The topological polar surface area (TPSA) is 67.2 Å². The van der Waals surface area contributed by atoms with E-state index in [-0.39, 0.29) is 16.1 Å². The monoisotopic (exact) mass is 235 g/mol.